The first-order valence-corrected chi connectivity index (χ1v) is 7.46. The maximum absolute atomic E-state index is 8.97. The van der Waals surface area contributed by atoms with Crippen LogP contribution in [0.4, 0.5) is 0 Å². The third-order valence-corrected chi connectivity index (χ3v) is 4.30. The molecule has 1 aromatic carbocycles. The first-order chi connectivity index (χ1) is 9.70. The van der Waals surface area contributed by atoms with Gasteiger partial charge in [0.1, 0.15) is 5.84 Å². The maximum Gasteiger partial charge on any atom is 0.147 e. The molecule has 0 radical (unpaired) electrons. The summed E-state index contributed by atoms with van der Waals surface area (Å²) in [6.45, 7) is 3.04. The Morgan fingerprint density at radius 3 is 2.55 bits per heavy atom. The molecule has 4 N–H and O–H groups in total. The molecule has 1 fully saturated rings. The average molecular weight is 275 g/mol. The largest absolute Gasteiger partial charge is 0.409 e. The minimum absolute atomic E-state index is 0.0689. The quantitative estimate of drug-likeness (QED) is 0.335. The van der Waals surface area contributed by atoms with Crippen molar-refractivity contribution in [3.8, 4) is 0 Å². The molecule has 0 spiro atoms. The van der Waals surface area contributed by atoms with E-state index in [1.165, 1.54) is 25.7 Å². The van der Waals surface area contributed by atoms with Gasteiger partial charge in [-0.25, -0.2) is 0 Å². The summed E-state index contributed by atoms with van der Waals surface area (Å²) in [7, 11) is 0. The van der Waals surface area contributed by atoms with Crippen molar-refractivity contribution in [1.29, 1.82) is 0 Å². The monoisotopic (exact) mass is 275 g/mol. The summed E-state index contributed by atoms with van der Waals surface area (Å²) in [5.41, 5.74) is 6.93. The number of oxime groups is 1. The second-order valence-electron chi connectivity index (χ2n) is 5.85. The topological polar surface area (TPSA) is 70.6 Å². The van der Waals surface area contributed by atoms with Gasteiger partial charge in [-0.2, -0.15) is 0 Å². The molecule has 1 unspecified atom stereocenters. The molecule has 1 aromatic rings. The second-order valence-corrected chi connectivity index (χ2v) is 5.85. The molecule has 4 nitrogen and oxygen atoms in total. The Morgan fingerprint density at radius 1 is 1.30 bits per heavy atom. The Bertz CT molecular complexity index is 425. The lowest BCUT2D eigenvalue weighted by Gasteiger charge is -2.28. The van der Waals surface area contributed by atoms with E-state index in [2.05, 4.69) is 17.4 Å². The van der Waals surface area contributed by atoms with E-state index in [9.17, 15) is 0 Å². The molecule has 0 heterocycles. The summed E-state index contributed by atoms with van der Waals surface area (Å²) in [6.07, 6.45) is 5.02. The Kier molecular flexibility index (Phi) is 5.41. The number of hydrogen-bond donors (Lipinski definition) is 3. The standard InChI is InChI=1S/C16H25N3O/c1-12-7-9-14(10-8-12)18-11-15(16(17)19-20)13-5-3-2-4-6-13/h2-6,12,14-15,18,20H,7-11H2,1H3,(H2,17,19). The fourth-order valence-electron chi connectivity index (χ4n) is 2.90. The fraction of sp³-hybridized carbons (Fsp3) is 0.562. The summed E-state index contributed by atoms with van der Waals surface area (Å²) < 4.78 is 0. The van der Waals surface area contributed by atoms with Crippen LogP contribution in [0.1, 0.15) is 44.1 Å². The minimum Gasteiger partial charge on any atom is -0.409 e. The molecule has 2 rings (SSSR count). The Balaban J connectivity index is 1.95. The summed E-state index contributed by atoms with van der Waals surface area (Å²) >= 11 is 0. The van der Waals surface area contributed by atoms with E-state index in [1.807, 2.05) is 30.3 Å². The van der Waals surface area contributed by atoms with Crippen molar-refractivity contribution >= 4 is 5.84 Å². The summed E-state index contributed by atoms with van der Waals surface area (Å²) in [4.78, 5) is 0. The van der Waals surface area contributed by atoms with Gasteiger partial charge < -0.3 is 16.3 Å². The van der Waals surface area contributed by atoms with Crippen molar-refractivity contribution in [1.82, 2.24) is 5.32 Å². The number of hydrogen-bond acceptors (Lipinski definition) is 3. The summed E-state index contributed by atoms with van der Waals surface area (Å²) in [5.74, 6) is 1.05. The van der Waals surface area contributed by atoms with Crippen molar-refractivity contribution in [3.05, 3.63) is 35.9 Å². The number of rotatable bonds is 5. The molecule has 110 valence electrons. The zero-order valence-electron chi connectivity index (χ0n) is 12.1. The van der Waals surface area contributed by atoms with Crippen molar-refractivity contribution in [2.45, 2.75) is 44.6 Å². The summed E-state index contributed by atoms with van der Waals surface area (Å²) in [6, 6.07) is 10.5. The zero-order chi connectivity index (χ0) is 14.4. The van der Waals surface area contributed by atoms with Gasteiger partial charge in [0.2, 0.25) is 0 Å². The number of nitrogens with one attached hydrogen (secondary N) is 1. The van der Waals surface area contributed by atoms with Gasteiger partial charge >= 0.3 is 0 Å². The number of nitrogens with zero attached hydrogens (tertiary/aromatic N) is 1. The van der Waals surface area contributed by atoms with Gasteiger partial charge in [0.15, 0.2) is 0 Å². The maximum atomic E-state index is 8.97. The van der Waals surface area contributed by atoms with E-state index in [0.29, 0.717) is 6.04 Å². The van der Waals surface area contributed by atoms with Gasteiger partial charge in [-0.15, -0.1) is 0 Å². The van der Waals surface area contributed by atoms with E-state index < -0.39 is 0 Å². The van der Waals surface area contributed by atoms with E-state index in [4.69, 9.17) is 10.9 Å². The molecular weight excluding hydrogens is 250 g/mol. The van der Waals surface area contributed by atoms with Crippen LogP contribution in [-0.2, 0) is 0 Å². The molecule has 0 bridgehead atoms. The van der Waals surface area contributed by atoms with Gasteiger partial charge in [-0.1, -0.05) is 42.4 Å². The number of nitrogens with two attached hydrogens (primary N) is 1. The molecule has 1 saturated carbocycles. The molecule has 1 atom stereocenters. The van der Waals surface area contributed by atoms with Crippen LogP contribution >= 0.6 is 0 Å². The van der Waals surface area contributed by atoms with Gasteiger partial charge in [0.05, 0.1) is 5.92 Å². The molecule has 0 saturated heterocycles. The van der Waals surface area contributed by atoms with Crippen molar-refractivity contribution in [3.63, 3.8) is 0 Å². The molecule has 0 amide bonds. The van der Waals surface area contributed by atoms with Crippen LogP contribution in [-0.4, -0.2) is 23.6 Å². The normalized spacial score (nSPS) is 25.4. The molecule has 4 heteroatoms. The fourth-order valence-corrected chi connectivity index (χ4v) is 2.90. The van der Waals surface area contributed by atoms with Gasteiger partial charge in [0, 0.05) is 12.6 Å². The summed E-state index contributed by atoms with van der Waals surface area (Å²) in [5, 5.41) is 15.8. The van der Waals surface area contributed by atoms with Gasteiger partial charge in [-0.3, -0.25) is 0 Å². The highest BCUT2D eigenvalue weighted by Crippen LogP contribution is 2.24. The molecule has 1 aliphatic carbocycles. The lowest BCUT2D eigenvalue weighted by molar-refractivity contribution is 0.303. The van der Waals surface area contributed by atoms with Gasteiger partial charge in [0.25, 0.3) is 0 Å². The molecular formula is C16H25N3O. The lowest BCUT2D eigenvalue weighted by Crippen LogP contribution is -2.39. The average Bonchev–Trinajstić information content (AvgIpc) is 2.50. The Labute approximate surface area is 121 Å². The van der Waals surface area contributed by atoms with Crippen molar-refractivity contribution in [2.24, 2.45) is 16.8 Å². The van der Waals surface area contributed by atoms with Crippen LogP contribution in [0, 0.1) is 5.92 Å². The first kappa shape index (κ1) is 14.9. The second kappa shape index (κ2) is 7.29. The zero-order valence-corrected chi connectivity index (χ0v) is 12.1. The minimum atomic E-state index is -0.0689. The Hall–Kier alpha value is -1.55. The van der Waals surface area contributed by atoms with Crippen LogP contribution in [0.15, 0.2) is 35.5 Å². The van der Waals surface area contributed by atoms with Crippen LogP contribution in [0.5, 0.6) is 0 Å². The van der Waals surface area contributed by atoms with Crippen LogP contribution in [0.3, 0.4) is 0 Å². The van der Waals surface area contributed by atoms with E-state index in [1.54, 1.807) is 0 Å². The van der Waals surface area contributed by atoms with Crippen LogP contribution in [0.2, 0.25) is 0 Å². The first-order valence-electron chi connectivity index (χ1n) is 7.46. The van der Waals surface area contributed by atoms with E-state index in [-0.39, 0.29) is 11.8 Å². The predicted octanol–water partition coefficient (Wildman–Crippen LogP) is 2.68. The van der Waals surface area contributed by atoms with Crippen molar-refractivity contribution in [2.75, 3.05) is 6.54 Å². The van der Waals surface area contributed by atoms with Gasteiger partial charge in [-0.05, 0) is 37.2 Å². The highest BCUT2D eigenvalue weighted by Gasteiger charge is 2.21. The third kappa shape index (κ3) is 3.97. The molecule has 1 aliphatic rings. The number of benzene rings is 1. The van der Waals surface area contributed by atoms with Crippen LogP contribution in [0.25, 0.3) is 0 Å². The van der Waals surface area contributed by atoms with Crippen LogP contribution < -0.4 is 11.1 Å². The van der Waals surface area contributed by atoms with E-state index in [0.717, 1.165) is 18.0 Å². The number of amidine groups is 1. The lowest BCUT2D eigenvalue weighted by atomic mass is 9.87. The molecule has 20 heavy (non-hydrogen) atoms. The highest BCUT2D eigenvalue weighted by molar-refractivity contribution is 5.87. The third-order valence-electron chi connectivity index (χ3n) is 4.30. The molecule has 0 aromatic heterocycles. The predicted molar refractivity (Wildman–Crippen MR) is 82.0 cm³/mol. The highest BCUT2D eigenvalue weighted by atomic mass is 16.4. The Morgan fingerprint density at radius 2 is 1.95 bits per heavy atom. The smallest absolute Gasteiger partial charge is 0.147 e. The van der Waals surface area contributed by atoms with Crippen molar-refractivity contribution < 1.29 is 5.21 Å². The molecule has 0 aliphatic heterocycles. The SMILES string of the molecule is CC1CCC(NCC(C(N)=NO)c2ccccc2)CC1. The van der Waals surface area contributed by atoms with E-state index >= 15 is 0 Å².